The zero-order valence-corrected chi connectivity index (χ0v) is 30.1. The smallest absolute Gasteiger partial charge is 0.0744 e. The summed E-state index contributed by atoms with van der Waals surface area (Å²) in [5, 5.41) is 2.69. The Balaban J connectivity index is 1.22. The van der Waals surface area contributed by atoms with Crippen LogP contribution >= 0.6 is 0 Å². The van der Waals surface area contributed by atoms with E-state index in [9.17, 15) is 0 Å². The number of ether oxygens (including phenoxy) is 1. The number of aromatic nitrogens is 1. The van der Waals surface area contributed by atoms with Crippen LogP contribution in [0.5, 0.6) is 0 Å². The Morgan fingerprint density at radius 1 is 0.870 bits per heavy atom. The molecule has 1 aromatic heterocycles. The minimum Gasteiger partial charge on any atom is -0.376 e. The van der Waals surface area contributed by atoms with Gasteiger partial charge in [-0.2, -0.15) is 0 Å². The predicted octanol–water partition coefficient (Wildman–Crippen LogP) is 12.3. The molecular weight excluding hydrogens is 575 g/mol. The molecule has 3 aromatic carbocycles. The molecule has 0 saturated heterocycles. The molecule has 1 heterocycles. The van der Waals surface area contributed by atoms with E-state index in [0.29, 0.717) is 11.1 Å². The van der Waals surface area contributed by atoms with Gasteiger partial charge in [-0.05, 0) is 111 Å². The normalized spacial score (nSPS) is 20.8. The van der Waals surface area contributed by atoms with Crippen molar-refractivity contribution in [2.75, 3.05) is 6.61 Å². The van der Waals surface area contributed by atoms with E-state index in [-0.39, 0.29) is 5.60 Å². The van der Waals surface area contributed by atoms with E-state index < -0.39 is 8.07 Å². The van der Waals surface area contributed by atoms with E-state index in [4.69, 9.17) is 4.74 Å². The number of benzene rings is 3. The molecule has 3 unspecified atom stereocenters. The highest BCUT2D eigenvalue weighted by atomic mass is 28.3. The molecule has 3 atom stereocenters. The van der Waals surface area contributed by atoms with Crippen molar-refractivity contribution in [2.24, 2.45) is 7.05 Å². The summed E-state index contributed by atoms with van der Waals surface area (Å²) in [6, 6.07) is 24.5. The van der Waals surface area contributed by atoms with Gasteiger partial charge in [0.1, 0.15) is 0 Å². The van der Waals surface area contributed by atoms with Crippen molar-refractivity contribution in [1.29, 1.82) is 0 Å². The quantitative estimate of drug-likeness (QED) is 0.126. The second-order valence-corrected chi connectivity index (χ2v) is 20.4. The van der Waals surface area contributed by atoms with Gasteiger partial charge >= 0.3 is 0 Å². The summed E-state index contributed by atoms with van der Waals surface area (Å²) in [5.41, 5.74) is 14.7. The molecule has 0 spiro atoms. The van der Waals surface area contributed by atoms with Crippen LogP contribution in [0.25, 0.3) is 39.0 Å². The van der Waals surface area contributed by atoms with Gasteiger partial charge in [0, 0.05) is 41.0 Å². The summed E-state index contributed by atoms with van der Waals surface area (Å²) in [5.74, 6) is 0. The lowest BCUT2D eigenvalue weighted by Gasteiger charge is -2.42. The number of hydrogen-bond donors (Lipinski definition) is 0. The first-order valence-corrected chi connectivity index (χ1v) is 20.8. The summed E-state index contributed by atoms with van der Waals surface area (Å²) < 4.78 is 8.37. The second-order valence-electron chi connectivity index (χ2n) is 15.7. The summed E-state index contributed by atoms with van der Waals surface area (Å²) in [6.45, 7) is 12.6. The Hall–Kier alpha value is -3.14. The molecule has 240 valence electrons. The highest BCUT2D eigenvalue weighted by Crippen LogP contribution is 2.56. The first-order valence-electron chi connectivity index (χ1n) is 18.0. The van der Waals surface area contributed by atoms with Gasteiger partial charge in [-0.25, -0.2) is 0 Å². The van der Waals surface area contributed by atoms with Crippen LogP contribution in [0.1, 0.15) is 95.7 Å². The van der Waals surface area contributed by atoms with E-state index in [0.717, 1.165) is 6.61 Å². The van der Waals surface area contributed by atoms with Gasteiger partial charge in [0.05, 0.1) is 13.7 Å². The maximum absolute atomic E-state index is 6.03. The van der Waals surface area contributed by atoms with Crippen LogP contribution in [0.3, 0.4) is 0 Å². The fourth-order valence-corrected chi connectivity index (χ4v) is 15.0. The number of unbranched alkanes of at least 4 members (excludes halogenated alkanes) is 3. The van der Waals surface area contributed by atoms with Gasteiger partial charge in [0.2, 0.25) is 0 Å². The SMILES string of the molecule is CC1=Cc2c(-c3ccc4c(c3)c3ccccc3n4C)cccc2C1[Si](C)(CCCCCCOC(C)(C)C)C1C=CC2=C1CCCC2. The Labute approximate surface area is 278 Å². The topological polar surface area (TPSA) is 14.2 Å². The molecule has 4 aromatic rings. The van der Waals surface area contributed by atoms with Gasteiger partial charge in [-0.3, -0.25) is 0 Å². The molecular formula is C43H53NOSi. The number of allylic oxidation sites excluding steroid dienone is 5. The molecule has 0 fully saturated rings. The van der Waals surface area contributed by atoms with Crippen LogP contribution < -0.4 is 0 Å². The highest BCUT2D eigenvalue weighted by molar-refractivity contribution is 6.83. The molecule has 7 rings (SSSR count). The average Bonchev–Trinajstić information content (AvgIpc) is 3.72. The molecule has 3 aliphatic carbocycles. The monoisotopic (exact) mass is 627 g/mol. The Morgan fingerprint density at radius 3 is 2.50 bits per heavy atom. The lowest BCUT2D eigenvalue weighted by molar-refractivity contribution is -0.00471. The molecule has 0 saturated carbocycles. The number of nitrogens with zero attached hydrogens (tertiary/aromatic N) is 1. The zero-order valence-electron chi connectivity index (χ0n) is 29.1. The van der Waals surface area contributed by atoms with Crippen LogP contribution in [0.15, 0.2) is 89.5 Å². The minimum atomic E-state index is -1.85. The summed E-state index contributed by atoms with van der Waals surface area (Å²) in [4.78, 5) is 0. The molecule has 2 nitrogen and oxygen atoms in total. The molecule has 0 aliphatic heterocycles. The van der Waals surface area contributed by atoms with Crippen molar-refractivity contribution in [1.82, 2.24) is 4.57 Å². The predicted molar refractivity (Wildman–Crippen MR) is 201 cm³/mol. The molecule has 46 heavy (non-hydrogen) atoms. The summed E-state index contributed by atoms with van der Waals surface area (Å²) in [7, 11) is 0.339. The Kier molecular flexibility index (Phi) is 8.53. The number of para-hydroxylation sites is 1. The van der Waals surface area contributed by atoms with Crippen LogP contribution in [0.4, 0.5) is 0 Å². The van der Waals surface area contributed by atoms with E-state index in [1.165, 1.54) is 95.9 Å². The van der Waals surface area contributed by atoms with Gasteiger partial charge in [-0.1, -0.05) is 104 Å². The first-order chi connectivity index (χ1) is 22.2. The molecule has 0 amide bonds. The Morgan fingerprint density at radius 2 is 1.65 bits per heavy atom. The van der Waals surface area contributed by atoms with Gasteiger partial charge in [0.25, 0.3) is 0 Å². The summed E-state index contributed by atoms with van der Waals surface area (Å²) >= 11 is 0. The third kappa shape index (κ3) is 5.68. The molecule has 3 heteroatoms. The lowest BCUT2D eigenvalue weighted by atomic mass is 9.93. The lowest BCUT2D eigenvalue weighted by Crippen LogP contribution is -2.43. The minimum absolute atomic E-state index is 0.0368. The second kappa shape index (κ2) is 12.5. The van der Waals surface area contributed by atoms with Crippen molar-refractivity contribution in [3.05, 3.63) is 101 Å². The fraction of sp³-hybridized carbons (Fsp3) is 0.442. The van der Waals surface area contributed by atoms with Crippen molar-refractivity contribution in [3.63, 3.8) is 0 Å². The van der Waals surface area contributed by atoms with E-state index in [2.05, 4.69) is 125 Å². The van der Waals surface area contributed by atoms with E-state index >= 15 is 0 Å². The van der Waals surface area contributed by atoms with Crippen molar-refractivity contribution in [3.8, 4) is 11.1 Å². The molecule has 0 N–H and O–H groups in total. The van der Waals surface area contributed by atoms with Gasteiger partial charge < -0.3 is 9.30 Å². The highest BCUT2D eigenvalue weighted by Gasteiger charge is 2.48. The summed E-state index contributed by atoms with van der Waals surface area (Å²) in [6.07, 6.45) is 18.2. The van der Waals surface area contributed by atoms with Gasteiger partial charge in [-0.15, -0.1) is 0 Å². The van der Waals surface area contributed by atoms with Crippen LogP contribution in [0, 0.1) is 0 Å². The van der Waals surface area contributed by atoms with Crippen LogP contribution in [-0.2, 0) is 11.8 Å². The third-order valence-corrected chi connectivity index (χ3v) is 16.9. The molecule has 0 bridgehead atoms. The van der Waals surface area contributed by atoms with Crippen molar-refractivity contribution < 1.29 is 4.74 Å². The zero-order chi connectivity index (χ0) is 32.1. The van der Waals surface area contributed by atoms with Gasteiger partial charge in [0.15, 0.2) is 0 Å². The van der Waals surface area contributed by atoms with Crippen molar-refractivity contribution >= 4 is 36.0 Å². The van der Waals surface area contributed by atoms with E-state index in [1.54, 1.807) is 16.7 Å². The number of aryl methyl sites for hydroxylation is 1. The number of hydrogen-bond acceptors (Lipinski definition) is 1. The number of fused-ring (bicyclic) bond motifs is 4. The molecule has 0 radical (unpaired) electrons. The van der Waals surface area contributed by atoms with Crippen LogP contribution in [-0.4, -0.2) is 24.8 Å². The third-order valence-electron chi connectivity index (χ3n) is 11.4. The first kappa shape index (κ1) is 31.5. The largest absolute Gasteiger partial charge is 0.376 e. The number of rotatable bonds is 10. The Bertz CT molecular complexity index is 1860. The average molecular weight is 628 g/mol. The fourth-order valence-electron chi connectivity index (χ4n) is 9.28. The molecule has 3 aliphatic rings. The van der Waals surface area contributed by atoms with Crippen molar-refractivity contribution in [2.45, 2.75) is 108 Å². The van der Waals surface area contributed by atoms with E-state index in [1.807, 2.05) is 5.57 Å². The van der Waals surface area contributed by atoms with Crippen LogP contribution in [0.2, 0.25) is 18.1 Å². The maximum Gasteiger partial charge on any atom is 0.0744 e. The standard InChI is InChI=1S/C43H53NOSi/c1-30-28-37-33(32-22-24-40-38(29-32)35-18-11-12-21-39(35)44(40)5)19-15-20-36(37)42(30)46(6,27-14-8-7-13-26-45-43(2,3)4)41-25-23-31-16-9-10-17-34(31)41/h11-12,15,18-25,28-29,41-42H,7-10,13-14,16-17,26-27H2,1-6H3. The maximum atomic E-state index is 6.03.